The Kier molecular flexibility index (Phi) is 4.68. The zero-order valence-electron chi connectivity index (χ0n) is 10.8. The Morgan fingerprint density at radius 3 is 2.72 bits per heavy atom. The van der Waals surface area contributed by atoms with E-state index < -0.39 is 11.4 Å². The van der Waals surface area contributed by atoms with Crippen LogP contribution in [0.2, 0.25) is 0 Å². The van der Waals surface area contributed by atoms with E-state index >= 15 is 0 Å². The summed E-state index contributed by atoms with van der Waals surface area (Å²) in [4.78, 5) is 26.3. The number of aliphatic carboxylic acids is 1. The van der Waals surface area contributed by atoms with Crippen molar-refractivity contribution in [1.29, 1.82) is 5.26 Å². The molecular formula is C12H19N3O3. The monoisotopic (exact) mass is 253 g/mol. The van der Waals surface area contributed by atoms with Gasteiger partial charge in [-0.15, -0.1) is 0 Å². The van der Waals surface area contributed by atoms with Gasteiger partial charge in [0.1, 0.15) is 0 Å². The first kappa shape index (κ1) is 14.5. The van der Waals surface area contributed by atoms with Crippen LogP contribution in [0.5, 0.6) is 0 Å². The average molecular weight is 253 g/mol. The highest BCUT2D eigenvalue weighted by molar-refractivity contribution is 5.79. The first-order valence-corrected chi connectivity index (χ1v) is 5.96. The van der Waals surface area contributed by atoms with E-state index in [4.69, 9.17) is 10.4 Å². The van der Waals surface area contributed by atoms with Crippen LogP contribution in [0, 0.1) is 16.7 Å². The third-order valence-electron chi connectivity index (χ3n) is 3.41. The van der Waals surface area contributed by atoms with Gasteiger partial charge < -0.3 is 10.0 Å². The highest BCUT2D eigenvalue weighted by Gasteiger charge is 2.40. The molecule has 0 aromatic rings. The molecule has 6 nitrogen and oxygen atoms in total. The van der Waals surface area contributed by atoms with Gasteiger partial charge in [-0.1, -0.05) is 0 Å². The van der Waals surface area contributed by atoms with Gasteiger partial charge in [0, 0.05) is 20.1 Å². The number of likely N-dealkylation sites (N-methyl/N-ethyl adjacent to an activating group) is 1. The lowest BCUT2D eigenvalue weighted by molar-refractivity contribution is -0.147. The summed E-state index contributed by atoms with van der Waals surface area (Å²) in [5, 5.41) is 17.5. The standard InChI is InChI=1S/C12H19N3O3/c1-12(11(17)18)4-7-15(9-12)8-10(16)14(2)6-3-5-13/h3-4,6-9H2,1-2H3,(H,17,18). The van der Waals surface area contributed by atoms with E-state index in [2.05, 4.69) is 0 Å². The molecular weight excluding hydrogens is 234 g/mol. The van der Waals surface area contributed by atoms with E-state index in [1.807, 2.05) is 11.0 Å². The molecule has 100 valence electrons. The van der Waals surface area contributed by atoms with Gasteiger partial charge in [0.15, 0.2) is 0 Å². The Labute approximate surface area is 107 Å². The minimum atomic E-state index is -0.810. The molecule has 1 atom stereocenters. The Bertz CT molecular complexity index is 377. The van der Waals surface area contributed by atoms with Gasteiger partial charge in [0.05, 0.1) is 24.4 Å². The third kappa shape index (κ3) is 3.44. The van der Waals surface area contributed by atoms with E-state index in [1.54, 1.807) is 14.0 Å². The summed E-state index contributed by atoms with van der Waals surface area (Å²) in [6.07, 6.45) is 0.882. The maximum Gasteiger partial charge on any atom is 0.310 e. The smallest absolute Gasteiger partial charge is 0.310 e. The van der Waals surface area contributed by atoms with Crippen LogP contribution in [0.1, 0.15) is 19.8 Å². The Hall–Kier alpha value is -1.61. The van der Waals surface area contributed by atoms with Gasteiger partial charge in [0.2, 0.25) is 5.91 Å². The fourth-order valence-electron chi connectivity index (χ4n) is 2.02. The molecule has 18 heavy (non-hydrogen) atoms. The summed E-state index contributed by atoms with van der Waals surface area (Å²) in [5.74, 6) is -0.879. The van der Waals surface area contributed by atoms with Crippen LogP contribution < -0.4 is 0 Å². The van der Waals surface area contributed by atoms with Crippen molar-refractivity contribution in [2.75, 3.05) is 33.2 Å². The van der Waals surface area contributed by atoms with E-state index in [-0.39, 0.29) is 12.5 Å². The quantitative estimate of drug-likeness (QED) is 0.754. The van der Waals surface area contributed by atoms with Crippen LogP contribution in [-0.4, -0.2) is 60.0 Å². The molecule has 0 radical (unpaired) electrons. The first-order chi connectivity index (χ1) is 8.39. The average Bonchev–Trinajstić information content (AvgIpc) is 2.69. The van der Waals surface area contributed by atoms with Crippen molar-refractivity contribution in [3.8, 4) is 6.07 Å². The number of hydrogen-bond donors (Lipinski definition) is 1. The second-order valence-electron chi connectivity index (χ2n) is 5.05. The number of amides is 1. The minimum absolute atomic E-state index is 0.0695. The lowest BCUT2D eigenvalue weighted by Gasteiger charge is -2.22. The van der Waals surface area contributed by atoms with E-state index in [0.29, 0.717) is 32.5 Å². The van der Waals surface area contributed by atoms with Crippen LogP contribution in [0.15, 0.2) is 0 Å². The molecule has 1 aliphatic heterocycles. The number of carbonyl (C=O) groups is 2. The van der Waals surface area contributed by atoms with Crippen LogP contribution >= 0.6 is 0 Å². The van der Waals surface area contributed by atoms with Crippen molar-refractivity contribution in [3.63, 3.8) is 0 Å². The lowest BCUT2D eigenvalue weighted by Crippen LogP contribution is -2.39. The summed E-state index contributed by atoms with van der Waals surface area (Å²) in [6, 6.07) is 1.99. The normalized spacial score (nSPS) is 23.6. The molecule has 1 rings (SSSR count). The van der Waals surface area contributed by atoms with Crippen LogP contribution in [0.4, 0.5) is 0 Å². The molecule has 0 spiro atoms. The summed E-state index contributed by atoms with van der Waals surface area (Å²) < 4.78 is 0. The van der Waals surface area contributed by atoms with Crippen molar-refractivity contribution < 1.29 is 14.7 Å². The third-order valence-corrected chi connectivity index (χ3v) is 3.41. The van der Waals surface area contributed by atoms with Gasteiger partial charge in [0.25, 0.3) is 0 Å². The number of carbonyl (C=O) groups excluding carboxylic acids is 1. The molecule has 1 unspecified atom stereocenters. The summed E-state index contributed by atoms with van der Waals surface area (Å²) in [5.41, 5.74) is -0.745. The number of rotatable bonds is 5. The molecule has 1 amide bonds. The summed E-state index contributed by atoms with van der Waals surface area (Å²) >= 11 is 0. The van der Waals surface area contributed by atoms with E-state index in [9.17, 15) is 9.59 Å². The van der Waals surface area contributed by atoms with Crippen LogP contribution in [0.3, 0.4) is 0 Å². The topological polar surface area (TPSA) is 84.6 Å². The maximum atomic E-state index is 11.8. The first-order valence-electron chi connectivity index (χ1n) is 5.96. The Balaban J connectivity index is 2.44. The SMILES string of the molecule is CN(CCC#N)C(=O)CN1CCC(C)(C(=O)O)C1. The molecule has 1 aliphatic rings. The number of carboxylic acid groups (broad SMARTS) is 1. The lowest BCUT2D eigenvalue weighted by atomic mass is 9.90. The molecule has 6 heteroatoms. The molecule has 0 aliphatic carbocycles. The molecule has 0 saturated carbocycles. The summed E-state index contributed by atoms with van der Waals surface area (Å²) in [7, 11) is 1.66. The highest BCUT2D eigenvalue weighted by Crippen LogP contribution is 2.29. The number of nitrogens with zero attached hydrogens (tertiary/aromatic N) is 3. The van der Waals surface area contributed by atoms with Crippen LogP contribution in [-0.2, 0) is 9.59 Å². The zero-order valence-corrected chi connectivity index (χ0v) is 10.8. The second-order valence-corrected chi connectivity index (χ2v) is 5.05. The predicted molar refractivity (Wildman–Crippen MR) is 64.7 cm³/mol. The molecule has 1 fully saturated rings. The van der Waals surface area contributed by atoms with Crippen molar-refractivity contribution in [3.05, 3.63) is 0 Å². The van der Waals surface area contributed by atoms with Gasteiger partial charge in [-0.3, -0.25) is 14.5 Å². The highest BCUT2D eigenvalue weighted by atomic mass is 16.4. The van der Waals surface area contributed by atoms with E-state index in [0.717, 1.165) is 0 Å². The number of likely N-dealkylation sites (tertiary alicyclic amines) is 1. The Morgan fingerprint density at radius 1 is 1.56 bits per heavy atom. The van der Waals surface area contributed by atoms with Crippen molar-refractivity contribution in [2.45, 2.75) is 19.8 Å². The molecule has 0 aromatic carbocycles. The van der Waals surface area contributed by atoms with Crippen LogP contribution in [0.25, 0.3) is 0 Å². The second kappa shape index (κ2) is 5.83. The van der Waals surface area contributed by atoms with Gasteiger partial charge >= 0.3 is 5.97 Å². The minimum Gasteiger partial charge on any atom is -0.481 e. The molecule has 1 heterocycles. The maximum absolute atomic E-state index is 11.8. The van der Waals surface area contributed by atoms with Crippen molar-refractivity contribution >= 4 is 11.9 Å². The van der Waals surface area contributed by atoms with E-state index in [1.165, 1.54) is 4.90 Å². The van der Waals surface area contributed by atoms with Crippen molar-refractivity contribution in [1.82, 2.24) is 9.80 Å². The molecule has 0 bridgehead atoms. The van der Waals surface area contributed by atoms with Gasteiger partial charge in [-0.05, 0) is 19.9 Å². The Morgan fingerprint density at radius 2 is 2.22 bits per heavy atom. The largest absolute Gasteiger partial charge is 0.481 e. The molecule has 1 saturated heterocycles. The van der Waals surface area contributed by atoms with Crippen molar-refractivity contribution in [2.24, 2.45) is 5.41 Å². The van der Waals surface area contributed by atoms with Gasteiger partial charge in [-0.25, -0.2) is 0 Å². The molecule has 0 aromatic heterocycles. The number of hydrogen-bond acceptors (Lipinski definition) is 4. The number of carboxylic acids is 1. The fraction of sp³-hybridized carbons (Fsp3) is 0.750. The fourth-order valence-corrected chi connectivity index (χ4v) is 2.02. The number of nitriles is 1. The summed E-state index contributed by atoms with van der Waals surface area (Å²) in [6.45, 7) is 3.38. The van der Waals surface area contributed by atoms with Gasteiger partial charge in [-0.2, -0.15) is 5.26 Å². The molecule has 1 N–H and O–H groups in total. The predicted octanol–water partition coefficient (Wildman–Crippen LogP) is 0.155. The zero-order chi connectivity index (χ0) is 13.8.